The lowest BCUT2D eigenvalue weighted by atomic mass is 10.0. The summed E-state index contributed by atoms with van der Waals surface area (Å²) < 4.78 is 0. The summed E-state index contributed by atoms with van der Waals surface area (Å²) >= 11 is 0. The first-order valence-electron chi connectivity index (χ1n) is 23.4. The maximum absolute atomic E-state index is 13.7. The number of carbonyl (C=O) groups is 13. The number of unbranched alkanes of at least 4 members (excludes halogenated alkanes) is 4. The van der Waals surface area contributed by atoms with Gasteiger partial charge in [-0.2, -0.15) is 0 Å². The SMILES string of the molecule is CCCCCC(=O)NCc1cccc2c1C(=O)N(C1CCC(=O)N(CNC(=O)CNC(=O)CNC(=O)[C@H](Cc3ccccc3)NC(=O)CNC(=O)CNC(=O)CCCCCN3C(=O)C=CC3=O)C1=O)C2=O. The lowest BCUT2D eigenvalue weighted by Crippen LogP contribution is -2.58. The van der Waals surface area contributed by atoms with Crippen molar-refractivity contribution in [2.75, 3.05) is 39.4 Å². The Morgan fingerprint density at radius 3 is 1.89 bits per heavy atom. The van der Waals surface area contributed by atoms with Crippen molar-refractivity contribution in [2.45, 2.75) is 96.2 Å². The predicted octanol–water partition coefficient (Wildman–Crippen LogP) is -1.25. The molecule has 7 N–H and O–H groups in total. The van der Waals surface area contributed by atoms with Gasteiger partial charge in [0.15, 0.2) is 0 Å². The van der Waals surface area contributed by atoms with Gasteiger partial charge >= 0.3 is 0 Å². The van der Waals surface area contributed by atoms with Crippen LogP contribution in [0.3, 0.4) is 0 Å². The van der Waals surface area contributed by atoms with Gasteiger partial charge in [-0.25, -0.2) is 0 Å². The molecule has 2 atom stereocenters. The Kier molecular flexibility index (Phi) is 20.2. The number of fused-ring (bicyclic) bond motifs is 1. The van der Waals surface area contributed by atoms with Crippen LogP contribution in [0.5, 0.6) is 0 Å². The first-order valence-corrected chi connectivity index (χ1v) is 23.4. The van der Waals surface area contributed by atoms with E-state index >= 15 is 0 Å². The van der Waals surface area contributed by atoms with Crippen LogP contribution < -0.4 is 37.2 Å². The topological polar surface area (TPSA) is 316 Å². The van der Waals surface area contributed by atoms with Gasteiger partial charge < -0.3 is 37.2 Å². The average Bonchev–Trinajstić information content (AvgIpc) is 3.81. The molecule has 13 amide bonds. The van der Waals surface area contributed by atoms with E-state index in [-0.39, 0.29) is 67.6 Å². The molecule has 0 saturated carbocycles. The highest BCUT2D eigenvalue weighted by atomic mass is 16.2. The van der Waals surface area contributed by atoms with Crippen LogP contribution in [-0.2, 0) is 65.7 Å². The van der Waals surface area contributed by atoms with Gasteiger partial charge in [-0.15, -0.1) is 0 Å². The molecule has 71 heavy (non-hydrogen) atoms. The molecule has 3 aliphatic heterocycles. The first kappa shape index (κ1) is 53.8. The van der Waals surface area contributed by atoms with Gasteiger partial charge in [0.1, 0.15) is 18.8 Å². The minimum Gasteiger partial charge on any atom is -0.352 e. The fraction of sp³-hybridized carbons (Fsp3) is 0.438. The maximum Gasteiger partial charge on any atom is 0.262 e. The molecule has 23 heteroatoms. The summed E-state index contributed by atoms with van der Waals surface area (Å²) in [6, 6.07) is 10.6. The van der Waals surface area contributed by atoms with E-state index in [1.54, 1.807) is 42.5 Å². The minimum atomic E-state index is -1.35. The number of hydrogen-bond donors (Lipinski definition) is 7. The number of nitrogens with zero attached hydrogens (tertiary/aromatic N) is 3. The van der Waals surface area contributed by atoms with Gasteiger partial charge in [-0.05, 0) is 42.9 Å². The molecule has 1 fully saturated rings. The number of imide groups is 3. The molecular formula is C48H58N10O13. The van der Waals surface area contributed by atoms with E-state index in [2.05, 4.69) is 37.2 Å². The molecule has 0 aliphatic carbocycles. The Morgan fingerprint density at radius 2 is 1.21 bits per heavy atom. The molecule has 0 spiro atoms. The zero-order valence-corrected chi connectivity index (χ0v) is 39.3. The molecule has 0 aromatic heterocycles. The summed E-state index contributed by atoms with van der Waals surface area (Å²) in [5.41, 5.74) is 1.15. The van der Waals surface area contributed by atoms with Gasteiger partial charge in [0.05, 0.1) is 37.3 Å². The van der Waals surface area contributed by atoms with Crippen LogP contribution in [0.15, 0.2) is 60.7 Å². The highest BCUT2D eigenvalue weighted by molar-refractivity contribution is 6.24. The van der Waals surface area contributed by atoms with Crippen LogP contribution in [0.1, 0.15) is 103 Å². The number of carbonyl (C=O) groups excluding carboxylic acids is 13. The lowest BCUT2D eigenvalue weighted by Gasteiger charge is -2.34. The van der Waals surface area contributed by atoms with E-state index in [4.69, 9.17) is 0 Å². The van der Waals surface area contributed by atoms with Crippen LogP contribution in [-0.4, -0.2) is 143 Å². The fourth-order valence-electron chi connectivity index (χ4n) is 7.81. The highest BCUT2D eigenvalue weighted by Crippen LogP contribution is 2.31. The van der Waals surface area contributed by atoms with Gasteiger partial charge in [-0.3, -0.25) is 77.0 Å². The number of piperidine rings is 1. The third kappa shape index (κ3) is 15.7. The maximum atomic E-state index is 13.7. The zero-order valence-electron chi connectivity index (χ0n) is 39.3. The Hall–Kier alpha value is -8.11. The molecular weight excluding hydrogens is 925 g/mol. The van der Waals surface area contributed by atoms with Gasteiger partial charge in [0, 0.05) is 50.9 Å². The average molecular weight is 983 g/mol. The summed E-state index contributed by atoms with van der Waals surface area (Å²) in [5, 5.41) is 17.1. The Labute approximate surface area is 408 Å². The monoisotopic (exact) mass is 982 g/mol. The number of hydrogen-bond acceptors (Lipinski definition) is 13. The van der Waals surface area contributed by atoms with E-state index in [9.17, 15) is 62.3 Å². The van der Waals surface area contributed by atoms with Crippen molar-refractivity contribution in [3.8, 4) is 0 Å². The molecule has 2 aromatic carbocycles. The summed E-state index contributed by atoms with van der Waals surface area (Å²) in [7, 11) is 0. The molecule has 3 aliphatic rings. The summed E-state index contributed by atoms with van der Waals surface area (Å²) in [4.78, 5) is 168. The summed E-state index contributed by atoms with van der Waals surface area (Å²) in [6.45, 7) is -0.638. The molecule has 0 bridgehead atoms. The second-order valence-electron chi connectivity index (χ2n) is 16.9. The van der Waals surface area contributed by atoms with Crippen molar-refractivity contribution in [3.05, 3.63) is 82.9 Å². The smallest absolute Gasteiger partial charge is 0.262 e. The quantitative estimate of drug-likeness (QED) is 0.0407. The third-order valence-corrected chi connectivity index (χ3v) is 11.6. The van der Waals surface area contributed by atoms with Crippen molar-refractivity contribution in [2.24, 2.45) is 0 Å². The number of amides is 13. The highest BCUT2D eigenvalue weighted by Gasteiger charge is 2.47. The van der Waals surface area contributed by atoms with Gasteiger partial charge in [0.25, 0.3) is 29.5 Å². The summed E-state index contributed by atoms with van der Waals surface area (Å²) in [6.07, 6.45) is 6.47. The van der Waals surface area contributed by atoms with E-state index in [1.807, 2.05) is 6.92 Å². The molecule has 2 aromatic rings. The fourth-order valence-corrected chi connectivity index (χ4v) is 7.81. The number of likely N-dealkylation sites (tertiary alicyclic amines) is 1. The van der Waals surface area contributed by atoms with Crippen LogP contribution >= 0.6 is 0 Å². The third-order valence-electron chi connectivity index (χ3n) is 11.6. The predicted molar refractivity (Wildman–Crippen MR) is 249 cm³/mol. The Morgan fingerprint density at radius 1 is 0.606 bits per heavy atom. The standard InChI is InChI=1S/C48H58N10O13/c1-2-3-6-16-35(59)49-24-31-14-11-15-32-44(31)48(71)58(46(32)69)34-18-19-43(67)57(47(34)70)29-54-39(63)26-51-38(62)27-53-45(68)33(23-30-12-7-4-8-13-30)55-40(64)28-52-37(61)25-50-36(60)17-9-5-10-22-56-41(65)20-21-42(56)66/h4,7-8,11-15,20-21,33-34H,2-3,5-6,9-10,16-19,22-29H2,1H3,(H,49,59)(H,50,60)(H,51,62)(H,52,61)(H,53,68)(H,54,63)(H,55,64)/t33-,34?/m0/s1. The van der Waals surface area contributed by atoms with Crippen LogP contribution in [0.25, 0.3) is 0 Å². The largest absolute Gasteiger partial charge is 0.352 e. The van der Waals surface area contributed by atoms with Crippen LogP contribution in [0, 0.1) is 0 Å². The molecule has 23 nitrogen and oxygen atoms in total. The number of benzene rings is 2. The van der Waals surface area contributed by atoms with Gasteiger partial charge in [0.2, 0.25) is 47.3 Å². The summed E-state index contributed by atoms with van der Waals surface area (Å²) in [5.74, 6) is -8.28. The molecule has 5 rings (SSSR count). The second kappa shape index (κ2) is 26.6. The van der Waals surface area contributed by atoms with E-state index < -0.39 is 104 Å². The lowest BCUT2D eigenvalue weighted by molar-refractivity contribution is -0.152. The Bertz CT molecular complexity index is 2420. The molecule has 0 radical (unpaired) electrons. The second-order valence-corrected chi connectivity index (χ2v) is 16.9. The molecule has 1 unspecified atom stereocenters. The molecule has 1 saturated heterocycles. The van der Waals surface area contributed by atoms with Crippen LogP contribution in [0.4, 0.5) is 0 Å². The van der Waals surface area contributed by atoms with E-state index in [0.29, 0.717) is 48.1 Å². The Balaban J connectivity index is 1.02. The zero-order chi connectivity index (χ0) is 51.5. The van der Waals surface area contributed by atoms with E-state index in [1.165, 1.54) is 18.2 Å². The van der Waals surface area contributed by atoms with Crippen molar-refractivity contribution >= 4 is 76.8 Å². The van der Waals surface area contributed by atoms with Crippen molar-refractivity contribution in [1.29, 1.82) is 0 Å². The first-order chi connectivity index (χ1) is 34.1. The van der Waals surface area contributed by atoms with Gasteiger partial charge in [-0.1, -0.05) is 68.7 Å². The number of rotatable bonds is 27. The van der Waals surface area contributed by atoms with Crippen molar-refractivity contribution in [3.63, 3.8) is 0 Å². The van der Waals surface area contributed by atoms with E-state index in [0.717, 1.165) is 22.6 Å². The van der Waals surface area contributed by atoms with Crippen molar-refractivity contribution in [1.82, 2.24) is 51.9 Å². The van der Waals surface area contributed by atoms with Crippen LogP contribution in [0.2, 0.25) is 0 Å². The molecule has 378 valence electrons. The minimum absolute atomic E-state index is 0.00424. The number of nitrogens with one attached hydrogen (secondary N) is 7. The van der Waals surface area contributed by atoms with Crippen molar-refractivity contribution < 1.29 is 62.3 Å². The molecule has 3 heterocycles. The normalized spacial score (nSPS) is 15.6.